The summed E-state index contributed by atoms with van der Waals surface area (Å²) in [6, 6.07) is 7.01. The lowest BCUT2D eigenvalue weighted by Crippen LogP contribution is -2.39. The molecule has 1 atom stereocenters. The summed E-state index contributed by atoms with van der Waals surface area (Å²) in [6.45, 7) is 6.11. The van der Waals surface area contributed by atoms with E-state index in [1.165, 1.54) is 6.42 Å². The Morgan fingerprint density at radius 3 is 2.32 bits per heavy atom. The van der Waals surface area contributed by atoms with Crippen LogP contribution in [0, 0.1) is 13.8 Å². The molecule has 0 N–H and O–H groups in total. The molecule has 2 saturated heterocycles. The largest absolute Gasteiger partial charge is 0.483 e. The molecule has 0 radical (unpaired) electrons. The molecule has 2 amide bonds. The monoisotopic (exact) mass is 615 g/mol. The lowest BCUT2D eigenvalue weighted by Gasteiger charge is -2.28. The molecule has 2 aliphatic heterocycles. The van der Waals surface area contributed by atoms with Crippen LogP contribution in [0.15, 0.2) is 30.5 Å². The molecule has 216 valence electrons. The molecule has 41 heavy (non-hydrogen) atoms. The molecule has 3 heterocycles. The molecule has 3 aromatic rings. The number of hydrogen-bond donors (Lipinski definition) is 0. The van der Waals surface area contributed by atoms with E-state index in [0.29, 0.717) is 38.6 Å². The molecule has 8 nitrogen and oxygen atoms in total. The van der Waals surface area contributed by atoms with Gasteiger partial charge in [0.05, 0.1) is 38.2 Å². The Labute approximate surface area is 254 Å². The van der Waals surface area contributed by atoms with Gasteiger partial charge in [-0.2, -0.15) is 0 Å². The van der Waals surface area contributed by atoms with Crippen LogP contribution in [-0.2, 0) is 4.79 Å². The van der Waals surface area contributed by atoms with E-state index >= 15 is 0 Å². The second-order valence-corrected chi connectivity index (χ2v) is 12.6. The Balaban J connectivity index is 1.17. The van der Waals surface area contributed by atoms with Crippen LogP contribution in [0.25, 0.3) is 5.69 Å². The van der Waals surface area contributed by atoms with Gasteiger partial charge < -0.3 is 14.5 Å². The van der Waals surface area contributed by atoms with Gasteiger partial charge in [0, 0.05) is 31.1 Å². The highest BCUT2D eigenvalue weighted by Crippen LogP contribution is 2.57. The number of aromatic nitrogens is 3. The zero-order valence-electron chi connectivity index (χ0n) is 23.1. The number of carbonyl (C=O) groups is 2. The van der Waals surface area contributed by atoms with Gasteiger partial charge in [-0.05, 0) is 87.8 Å². The number of likely N-dealkylation sites (tertiary alicyclic amines) is 2. The second kappa shape index (κ2) is 11.1. The fraction of sp³-hybridized carbons (Fsp3) is 0.467. The van der Waals surface area contributed by atoms with E-state index in [0.717, 1.165) is 62.0 Å². The van der Waals surface area contributed by atoms with Crippen molar-refractivity contribution >= 4 is 46.6 Å². The van der Waals surface area contributed by atoms with Crippen LogP contribution in [0.5, 0.6) is 5.75 Å². The highest BCUT2D eigenvalue weighted by molar-refractivity contribution is 6.43. The molecule has 11 heteroatoms. The highest BCUT2D eigenvalue weighted by atomic mass is 35.5. The van der Waals surface area contributed by atoms with E-state index in [4.69, 9.17) is 39.5 Å². The van der Waals surface area contributed by atoms with Crippen LogP contribution in [0.1, 0.15) is 71.6 Å². The average Bonchev–Trinajstić information content (AvgIpc) is 3.43. The maximum Gasteiger partial charge on any atom is 0.260 e. The zero-order chi connectivity index (χ0) is 28.9. The number of piperidine rings is 1. The lowest BCUT2D eigenvalue weighted by molar-refractivity contribution is -0.134. The van der Waals surface area contributed by atoms with Gasteiger partial charge in [-0.15, -0.1) is 5.10 Å². The van der Waals surface area contributed by atoms with Crippen LogP contribution < -0.4 is 4.74 Å². The van der Waals surface area contributed by atoms with Crippen molar-refractivity contribution in [3.8, 4) is 11.4 Å². The molecular formula is C30H32Cl3N5O3. The van der Waals surface area contributed by atoms with Gasteiger partial charge >= 0.3 is 0 Å². The number of halogens is 3. The van der Waals surface area contributed by atoms with Gasteiger partial charge in [-0.1, -0.05) is 40.0 Å². The van der Waals surface area contributed by atoms with E-state index in [1.54, 1.807) is 16.8 Å². The zero-order valence-corrected chi connectivity index (χ0v) is 25.4. The van der Waals surface area contributed by atoms with Crippen LogP contribution in [0.3, 0.4) is 0 Å². The summed E-state index contributed by atoms with van der Waals surface area (Å²) in [7, 11) is 0. The molecule has 1 aromatic heterocycles. The number of nitrogens with zero attached hydrogens (tertiary/aromatic N) is 5. The Morgan fingerprint density at radius 1 is 0.951 bits per heavy atom. The van der Waals surface area contributed by atoms with E-state index in [1.807, 2.05) is 42.0 Å². The number of rotatable bonds is 6. The SMILES string of the molecule is Cc1cc(C(=O)N2CCC(c3cn(-c4cc(Cl)c(Cl)cc4Cl)nn3)C23CC3)cc(C)c1OCC(=O)N1CCCCC1. The third kappa shape index (κ3) is 5.30. The van der Waals surface area contributed by atoms with Gasteiger partial charge in [0.15, 0.2) is 6.61 Å². The van der Waals surface area contributed by atoms with E-state index in [-0.39, 0.29) is 29.9 Å². The maximum atomic E-state index is 13.8. The first-order chi connectivity index (χ1) is 19.7. The first kappa shape index (κ1) is 28.3. The van der Waals surface area contributed by atoms with Crippen molar-refractivity contribution in [1.29, 1.82) is 0 Å². The molecular weight excluding hydrogens is 585 g/mol. The molecule has 3 fully saturated rings. The molecule has 3 aliphatic rings. The number of amides is 2. The Kier molecular flexibility index (Phi) is 7.68. The molecule has 1 aliphatic carbocycles. The van der Waals surface area contributed by atoms with Crippen molar-refractivity contribution in [3.05, 3.63) is 67.9 Å². The first-order valence-electron chi connectivity index (χ1n) is 14.1. The van der Waals surface area contributed by atoms with Crippen molar-refractivity contribution in [1.82, 2.24) is 24.8 Å². The van der Waals surface area contributed by atoms with Gasteiger partial charge in [0.25, 0.3) is 11.8 Å². The van der Waals surface area contributed by atoms with Gasteiger partial charge in [0.1, 0.15) is 5.75 Å². The highest BCUT2D eigenvalue weighted by Gasteiger charge is 2.60. The summed E-state index contributed by atoms with van der Waals surface area (Å²) in [4.78, 5) is 30.3. The number of aryl methyl sites for hydroxylation is 2. The van der Waals surface area contributed by atoms with E-state index < -0.39 is 0 Å². The van der Waals surface area contributed by atoms with Gasteiger partial charge in [-0.25, -0.2) is 4.68 Å². The Bertz CT molecular complexity index is 1490. The minimum atomic E-state index is -0.267. The summed E-state index contributed by atoms with van der Waals surface area (Å²) < 4.78 is 7.59. The van der Waals surface area contributed by atoms with Gasteiger partial charge in [0.2, 0.25) is 0 Å². The van der Waals surface area contributed by atoms with Crippen LogP contribution in [0.4, 0.5) is 0 Å². The fourth-order valence-corrected chi connectivity index (χ4v) is 7.11. The molecule has 0 bridgehead atoms. The summed E-state index contributed by atoms with van der Waals surface area (Å²) >= 11 is 18.7. The second-order valence-electron chi connectivity index (χ2n) is 11.4. The van der Waals surface area contributed by atoms with Crippen molar-refractivity contribution in [2.24, 2.45) is 0 Å². The predicted octanol–water partition coefficient (Wildman–Crippen LogP) is 6.40. The molecule has 1 saturated carbocycles. The van der Waals surface area contributed by atoms with Crippen LogP contribution in [0.2, 0.25) is 15.1 Å². The number of carbonyl (C=O) groups excluding carboxylic acids is 2. The van der Waals surface area contributed by atoms with Crippen molar-refractivity contribution in [3.63, 3.8) is 0 Å². The lowest BCUT2D eigenvalue weighted by atomic mass is 9.94. The first-order valence-corrected chi connectivity index (χ1v) is 15.2. The standard InChI is InChI=1S/C30H32Cl3N5O3/c1-18-12-20(13-19(2)28(18)41-17-27(39)36-9-4-3-5-10-36)29(40)37-11-6-21(30(37)7-8-30)25-16-38(35-34-25)26-15-23(32)22(31)14-24(26)33/h12-16,21H,3-11,17H2,1-2H3. The molecule has 1 unspecified atom stereocenters. The summed E-state index contributed by atoms with van der Waals surface area (Å²) in [5.41, 5.74) is 3.49. The van der Waals surface area contributed by atoms with Crippen molar-refractivity contribution < 1.29 is 14.3 Å². The molecule has 6 rings (SSSR count). The predicted molar refractivity (Wildman–Crippen MR) is 159 cm³/mol. The van der Waals surface area contributed by atoms with Crippen LogP contribution >= 0.6 is 34.8 Å². The average molecular weight is 617 g/mol. The van der Waals surface area contributed by atoms with Crippen molar-refractivity contribution in [2.45, 2.75) is 63.8 Å². The number of hydrogen-bond acceptors (Lipinski definition) is 5. The maximum absolute atomic E-state index is 13.8. The Morgan fingerprint density at radius 2 is 1.63 bits per heavy atom. The quantitative estimate of drug-likeness (QED) is 0.300. The van der Waals surface area contributed by atoms with E-state index in [2.05, 4.69) is 10.3 Å². The summed E-state index contributed by atoms with van der Waals surface area (Å²) in [6.07, 6.45) is 7.77. The molecule has 2 aromatic carbocycles. The third-order valence-electron chi connectivity index (χ3n) is 8.70. The number of ether oxygens (including phenoxy) is 1. The minimum Gasteiger partial charge on any atom is -0.483 e. The normalized spacial score (nSPS) is 19.6. The summed E-state index contributed by atoms with van der Waals surface area (Å²) in [5.74, 6) is 0.769. The Hall–Kier alpha value is -2.81. The third-order valence-corrected chi connectivity index (χ3v) is 9.72. The minimum absolute atomic E-state index is 0.00654. The van der Waals surface area contributed by atoms with Gasteiger partial charge in [-0.3, -0.25) is 9.59 Å². The van der Waals surface area contributed by atoms with Crippen molar-refractivity contribution in [2.75, 3.05) is 26.2 Å². The number of benzene rings is 2. The molecule has 1 spiro atoms. The fourth-order valence-electron chi connectivity index (χ4n) is 6.48. The topological polar surface area (TPSA) is 80.6 Å². The smallest absolute Gasteiger partial charge is 0.260 e. The summed E-state index contributed by atoms with van der Waals surface area (Å²) in [5, 5.41) is 9.97. The van der Waals surface area contributed by atoms with Crippen LogP contribution in [-0.4, -0.2) is 68.4 Å². The van der Waals surface area contributed by atoms with E-state index in [9.17, 15) is 9.59 Å².